The summed E-state index contributed by atoms with van der Waals surface area (Å²) in [6.45, 7) is 0. The van der Waals surface area contributed by atoms with Gasteiger partial charge in [0.25, 0.3) is 0 Å². The summed E-state index contributed by atoms with van der Waals surface area (Å²) in [4.78, 5) is 0. The molecule has 0 heteroatoms. The highest BCUT2D eigenvalue weighted by molar-refractivity contribution is 5.75. The van der Waals surface area contributed by atoms with Crippen molar-refractivity contribution in [2.45, 2.75) is 32.1 Å². The summed E-state index contributed by atoms with van der Waals surface area (Å²) >= 11 is 0. The van der Waals surface area contributed by atoms with Crippen LogP contribution >= 0.6 is 0 Å². The molecule has 0 bridgehead atoms. The van der Waals surface area contributed by atoms with Crippen LogP contribution in [0.15, 0.2) is 72.8 Å². The van der Waals surface area contributed by atoms with Gasteiger partial charge in [-0.15, -0.1) is 0 Å². The predicted molar refractivity (Wildman–Crippen MR) is 110 cm³/mol. The quantitative estimate of drug-likeness (QED) is 0.517. The molecule has 0 aromatic heterocycles. The van der Waals surface area contributed by atoms with Crippen LogP contribution in [0.25, 0.3) is 17.2 Å². The van der Waals surface area contributed by atoms with Crippen LogP contribution < -0.4 is 0 Å². The van der Waals surface area contributed by atoms with Gasteiger partial charge in [0.2, 0.25) is 0 Å². The van der Waals surface area contributed by atoms with E-state index in [-0.39, 0.29) is 0 Å². The monoisotopic (exact) mass is 336 g/mol. The van der Waals surface area contributed by atoms with E-state index in [4.69, 9.17) is 0 Å². The lowest BCUT2D eigenvalue weighted by atomic mass is 9.75. The zero-order valence-electron chi connectivity index (χ0n) is 15.1. The Hall–Kier alpha value is -2.60. The van der Waals surface area contributed by atoms with Crippen LogP contribution in [0.3, 0.4) is 0 Å². The Kier molecular flexibility index (Phi) is 3.97. The molecule has 1 atom stereocenters. The third-order valence-electron chi connectivity index (χ3n) is 6.09. The molecule has 5 rings (SSSR count). The summed E-state index contributed by atoms with van der Waals surface area (Å²) in [7, 11) is 0. The maximum absolute atomic E-state index is 2.42. The molecule has 0 radical (unpaired) electrons. The fourth-order valence-corrected chi connectivity index (χ4v) is 4.73. The molecule has 0 spiro atoms. The summed E-state index contributed by atoms with van der Waals surface area (Å²) in [5.74, 6) is 0.664. The molecule has 3 aromatic rings. The van der Waals surface area contributed by atoms with Crippen molar-refractivity contribution in [2.24, 2.45) is 5.92 Å². The van der Waals surface area contributed by atoms with Gasteiger partial charge in [-0.25, -0.2) is 0 Å². The van der Waals surface area contributed by atoms with Gasteiger partial charge in [0.1, 0.15) is 0 Å². The molecule has 0 nitrogen and oxygen atoms in total. The maximum atomic E-state index is 2.42. The van der Waals surface area contributed by atoms with E-state index < -0.39 is 0 Å². The number of fused-ring (bicyclic) bond motifs is 5. The van der Waals surface area contributed by atoms with Gasteiger partial charge in [0, 0.05) is 0 Å². The molecule has 0 aliphatic heterocycles. The summed E-state index contributed by atoms with van der Waals surface area (Å²) in [5, 5.41) is 0. The molecule has 0 N–H and O–H groups in total. The third kappa shape index (κ3) is 2.80. The van der Waals surface area contributed by atoms with Crippen molar-refractivity contribution >= 4 is 6.08 Å². The average molecular weight is 336 g/mol. The van der Waals surface area contributed by atoms with E-state index in [1.165, 1.54) is 54.4 Å². The lowest BCUT2D eigenvalue weighted by Crippen LogP contribution is -2.17. The van der Waals surface area contributed by atoms with E-state index in [1.54, 1.807) is 16.7 Å². The molecule has 0 saturated heterocycles. The van der Waals surface area contributed by atoms with Crippen molar-refractivity contribution in [2.75, 3.05) is 0 Å². The number of benzene rings is 3. The van der Waals surface area contributed by atoms with E-state index in [0.717, 1.165) is 0 Å². The highest BCUT2D eigenvalue weighted by Gasteiger charge is 2.24. The van der Waals surface area contributed by atoms with Crippen LogP contribution in [0.1, 0.15) is 34.2 Å². The Balaban J connectivity index is 1.43. The fourth-order valence-electron chi connectivity index (χ4n) is 4.73. The van der Waals surface area contributed by atoms with E-state index in [1.807, 2.05) is 0 Å². The Morgan fingerprint density at radius 3 is 2.42 bits per heavy atom. The van der Waals surface area contributed by atoms with Crippen molar-refractivity contribution in [1.29, 1.82) is 0 Å². The van der Waals surface area contributed by atoms with Gasteiger partial charge in [0.15, 0.2) is 0 Å². The lowest BCUT2D eigenvalue weighted by molar-refractivity contribution is 0.551. The van der Waals surface area contributed by atoms with Crippen LogP contribution in [0.2, 0.25) is 0 Å². The Labute approximate surface area is 156 Å². The largest absolute Gasteiger partial charge is 0.0805 e. The van der Waals surface area contributed by atoms with Crippen LogP contribution in [0.4, 0.5) is 0 Å². The summed E-state index contributed by atoms with van der Waals surface area (Å²) < 4.78 is 0. The molecule has 128 valence electrons. The Morgan fingerprint density at radius 1 is 0.654 bits per heavy atom. The number of rotatable bonds is 2. The normalized spacial score (nSPS) is 18.2. The van der Waals surface area contributed by atoms with E-state index >= 15 is 0 Å². The van der Waals surface area contributed by atoms with Gasteiger partial charge in [-0.3, -0.25) is 0 Å². The van der Waals surface area contributed by atoms with E-state index in [0.29, 0.717) is 5.92 Å². The predicted octanol–water partition coefficient (Wildman–Crippen LogP) is 6.27. The number of aryl methyl sites for hydroxylation is 1. The van der Waals surface area contributed by atoms with Crippen LogP contribution in [-0.4, -0.2) is 0 Å². The number of hydrogen-bond donors (Lipinski definition) is 0. The zero-order valence-corrected chi connectivity index (χ0v) is 15.1. The van der Waals surface area contributed by atoms with Crippen molar-refractivity contribution in [1.82, 2.24) is 0 Å². The first-order valence-electron chi connectivity index (χ1n) is 9.83. The summed E-state index contributed by atoms with van der Waals surface area (Å²) in [6, 6.07) is 24.4. The minimum Gasteiger partial charge on any atom is -0.0805 e. The van der Waals surface area contributed by atoms with Crippen molar-refractivity contribution in [3.63, 3.8) is 0 Å². The SMILES string of the molecule is C(=CC1CCc2c(ccc3c2CCc2ccccc2-3)C1)c1ccccc1. The summed E-state index contributed by atoms with van der Waals surface area (Å²) in [5.41, 5.74) is 10.6. The third-order valence-corrected chi connectivity index (χ3v) is 6.09. The van der Waals surface area contributed by atoms with E-state index in [2.05, 4.69) is 78.9 Å². The van der Waals surface area contributed by atoms with Gasteiger partial charge < -0.3 is 0 Å². The molecular formula is C26H24. The maximum Gasteiger partial charge on any atom is -0.0146 e. The minimum atomic E-state index is 0.664. The summed E-state index contributed by atoms with van der Waals surface area (Å²) in [6.07, 6.45) is 10.8. The molecule has 2 aliphatic rings. The van der Waals surface area contributed by atoms with Gasteiger partial charge in [0.05, 0.1) is 0 Å². The molecule has 3 aromatic carbocycles. The van der Waals surface area contributed by atoms with Gasteiger partial charge in [-0.2, -0.15) is 0 Å². The zero-order chi connectivity index (χ0) is 17.3. The average Bonchev–Trinajstić information content (AvgIpc) is 2.72. The number of allylic oxidation sites excluding steroid dienone is 1. The van der Waals surface area contributed by atoms with Crippen molar-refractivity contribution in [3.8, 4) is 11.1 Å². The van der Waals surface area contributed by atoms with Crippen LogP contribution in [0, 0.1) is 5.92 Å². The Bertz CT molecular complexity index is 963. The molecule has 0 heterocycles. The molecule has 2 aliphatic carbocycles. The first-order chi connectivity index (χ1) is 12.9. The standard InChI is InChI=1S/C26H24/c1-2-6-19(7-3-1)10-11-20-12-15-24-22(18-20)14-17-25-23-9-5-4-8-21(23)13-16-26(24)25/h1-11,14,17,20H,12-13,15-16,18H2. The molecule has 0 amide bonds. The topological polar surface area (TPSA) is 0 Å². The molecule has 1 unspecified atom stereocenters. The lowest BCUT2D eigenvalue weighted by Gasteiger charge is -2.29. The van der Waals surface area contributed by atoms with E-state index in [9.17, 15) is 0 Å². The second-order valence-corrected chi connectivity index (χ2v) is 7.66. The first kappa shape index (κ1) is 15.6. The van der Waals surface area contributed by atoms with Gasteiger partial charge >= 0.3 is 0 Å². The highest BCUT2D eigenvalue weighted by atomic mass is 14.3. The molecule has 26 heavy (non-hydrogen) atoms. The Morgan fingerprint density at radius 2 is 1.50 bits per heavy atom. The smallest absolute Gasteiger partial charge is 0.0146 e. The van der Waals surface area contributed by atoms with Crippen molar-refractivity contribution < 1.29 is 0 Å². The first-order valence-corrected chi connectivity index (χ1v) is 9.83. The van der Waals surface area contributed by atoms with Crippen LogP contribution in [0.5, 0.6) is 0 Å². The van der Waals surface area contributed by atoms with Crippen molar-refractivity contribution in [3.05, 3.63) is 101 Å². The van der Waals surface area contributed by atoms with Gasteiger partial charge in [-0.1, -0.05) is 78.9 Å². The number of hydrogen-bond acceptors (Lipinski definition) is 0. The minimum absolute atomic E-state index is 0.664. The second kappa shape index (κ2) is 6.61. The molecule has 0 saturated carbocycles. The molecule has 0 fully saturated rings. The molecular weight excluding hydrogens is 312 g/mol. The highest BCUT2D eigenvalue weighted by Crippen LogP contribution is 2.39. The second-order valence-electron chi connectivity index (χ2n) is 7.66. The fraction of sp³-hybridized carbons (Fsp3) is 0.231. The van der Waals surface area contributed by atoms with Gasteiger partial charge in [-0.05, 0) is 77.0 Å². The van der Waals surface area contributed by atoms with Crippen LogP contribution in [-0.2, 0) is 25.7 Å².